The third-order valence-electron chi connectivity index (χ3n) is 3.29. The first kappa shape index (κ1) is 16.0. The molecule has 22 heavy (non-hydrogen) atoms. The fourth-order valence-electron chi connectivity index (χ4n) is 2.12. The number of halogens is 1. The number of nitrogens with zero attached hydrogens (tertiary/aromatic N) is 4. The van der Waals surface area contributed by atoms with Crippen LogP contribution in [-0.4, -0.2) is 43.1 Å². The van der Waals surface area contributed by atoms with Gasteiger partial charge in [0.15, 0.2) is 0 Å². The molecule has 8 nitrogen and oxygen atoms in total. The third-order valence-corrected chi connectivity index (χ3v) is 3.83. The second kappa shape index (κ2) is 6.18. The van der Waals surface area contributed by atoms with Gasteiger partial charge in [0.25, 0.3) is 5.91 Å². The maximum Gasteiger partial charge on any atom is 0.339 e. The first-order valence-electron chi connectivity index (χ1n) is 6.56. The number of carboxylic acids is 1. The SMILES string of the molecule is Cc1nn(CCNC(=O)c2c(C(=O)O)cnn2C)c(C)c1Cl. The molecular weight excluding hydrogens is 310 g/mol. The highest BCUT2D eigenvalue weighted by molar-refractivity contribution is 6.31. The van der Waals surface area contributed by atoms with Gasteiger partial charge in [-0.15, -0.1) is 0 Å². The van der Waals surface area contributed by atoms with Gasteiger partial charge in [0, 0.05) is 13.6 Å². The van der Waals surface area contributed by atoms with Gasteiger partial charge >= 0.3 is 5.97 Å². The number of amides is 1. The molecule has 2 heterocycles. The standard InChI is InChI=1S/C13H16ClN5O3/c1-7-10(14)8(2)19(17-7)5-4-15-12(20)11-9(13(21)22)6-16-18(11)3/h6H,4-5H2,1-3H3,(H,15,20)(H,21,22). The number of nitrogens with one attached hydrogen (secondary N) is 1. The molecule has 118 valence electrons. The Balaban J connectivity index is 2.03. The Kier molecular flexibility index (Phi) is 4.51. The van der Waals surface area contributed by atoms with Crippen LogP contribution in [0.15, 0.2) is 6.20 Å². The molecule has 1 amide bonds. The highest BCUT2D eigenvalue weighted by Gasteiger charge is 2.21. The summed E-state index contributed by atoms with van der Waals surface area (Å²) in [6.07, 6.45) is 1.15. The van der Waals surface area contributed by atoms with Crippen molar-refractivity contribution < 1.29 is 14.7 Å². The van der Waals surface area contributed by atoms with Crippen LogP contribution in [0.25, 0.3) is 0 Å². The lowest BCUT2D eigenvalue weighted by atomic mass is 10.2. The maximum atomic E-state index is 12.1. The first-order chi connectivity index (χ1) is 10.3. The van der Waals surface area contributed by atoms with Gasteiger partial charge in [-0.1, -0.05) is 11.6 Å². The summed E-state index contributed by atoms with van der Waals surface area (Å²) in [6, 6.07) is 0. The molecule has 0 aromatic carbocycles. The number of hydrogen-bond donors (Lipinski definition) is 2. The molecule has 0 aliphatic carbocycles. The summed E-state index contributed by atoms with van der Waals surface area (Å²) in [6.45, 7) is 4.37. The van der Waals surface area contributed by atoms with E-state index in [9.17, 15) is 9.59 Å². The van der Waals surface area contributed by atoms with Gasteiger partial charge in [-0.3, -0.25) is 14.2 Å². The molecule has 0 saturated carbocycles. The molecule has 2 rings (SSSR count). The summed E-state index contributed by atoms with van der Waals surface area (Å²) >= 11 is 6.05. The molecule has 0 radical (unpaired) electrons. The Bertz CT molecular complexity index is 734. The number of aryl methyl sites for hydroxylation is 2. The van der Waals surface area contributed by atoms with Crippen LogP contribution in [0.2, 0.25) is 5.02 Å². The van der Waals surface area contributed by atoms with Crippen LogP contribution >= 0.6 is 11.6 Å². The van der Waals surface area contributed by atoms with E-state index in [-0.39, 0.29) is 11.3 Å². The molecule has 2 aromatic heterocycles. The van der Waals surface area contributed by atoms with Crippen molar-refractivity contribution in [2.75, 3.05) is 6.54 Å². The molecule has 2 N–H and O–H groups in total. The summed E-state index contributed by atoms with van der Waals surface area (Å²) < 4.78 is 2.93. The molecule has 0 spiro atoms. The van der Waals surface area contributed by atoms with E-state index >= 15 is 0 Å². The van der Waals surface area contributed by atoms with Crippen molar-refractivity contribution in [1.82, 2.24) is 24.9 Å². The molecule has 0 aliphatic rings. The van der Waals surface area contributed by atoms with Gasteiger partial charge in [0.05, 0.1) is 29.2 Å². The van der Waals surface area contributed by atoms with E-state index in [2.05, 4.69) is 15.5 Å². The normalized spacial score (nSPS) is 10.7. The average Bonchev–Trinajstić information content (AvgIpc) is 2.95. The molecule has 0 aliphatic heterocycles. The van der Waals surface area contributed by atoms with Crippen LogP contribution in [0.3, 0.4) is 0 Å². The second-order valence-electron chi connectivity index (χ2n) is 4.80. The molecular formula is C13H16ClN5O3. The zero-order chi connectivity index (χ0) is 16.4. The van der Waals surface area contributed by atoms with Gasteiger partial charge in [0.2, 0.25) is 0 Å². The molecule has 0 saturated heterocycles. The molecule has 0 bridgehead atoms. The van der Waals surface area contributed by atoms with Gasteiger partial charge < -0.3 is 10.4 Å². The van der Waals surface area contributed by atoms with Crippen molar-refractivity contribution in [3.8, 4) is 0 Å². The van der Waals surface area contributed by atoms with Gasteiger partial charge in [-0.25, -0.2) is 4.79 Å². The van der Waals surface area contributed by atoms with Crippen molar-refractivity contribution in [3.63, 3.8) is 0 Å². The van der Waals surface area contributed by atoms with Crippen molar-refractivity contribution in [1.29, 1.82) is 0 Å². The van der Waals surface area contributed by atoms with Crippen molar-refractivity contribution in [2.45, 2.75) is 20.4 Å². The lowest BCUT2D eigenvalue weighted by Gasteiger charge is -2.08. The van der Waals surface area contributed by atoms with Gasteiger partial charge in [-0.05, 0) is 13.8 Å². The monoisotopic (exact) mass is 325 g/mol. The van der Waals surface area contributed by atoms with Crippen LogP contribution in [0.1, 0.15) is 32.2 Å². The summed E-state index contributed by atoms with van der Waals surface area (Å²) in [5.41, 5.74) is 1.43. The van der Waals surface area contributed by atoms with E-state index in [0.29, 0.717) is 18.1 Å². The molecule has 0 unspecified atom stereocenters. The van der Waals surface area contributed by atoms with Crippen LogP contribution < -0.4 is 5.32 Å². The number of carboxylic acid groups (broad SMARTS) is 1. The number of hydrogen-bond acceptors (Lipinski definition) is 4. The Hall–Kier alpha value is -2.35. The van der Waals surface area contributed by atoms with Crippen LogP contribution in [0, 0.1) is 13.8 Å². The van der Waals surface area contributed by atoms with E-state index in [1.54, 1.807) is 11.6 Å². The van der Waals surface area contributed by atoms with Crippen LogP contribution in [0.5, 0.6) is 0 Å². The minimum atomic E-state index is -1.19. The summed E-state index contributed by atoms with van der Waals surface area (Å²) in [5.74, 6) is -1.69. The van der Waals surface area contributed by atoms with Gasteiger partial charge in [0.1, 0.15) is 11.3 Å². The highest BCUT2D eigenvalue weighted by atomic mass is 35.5. The number of carbonyl (C=O) groups excluding carboxylic acids is 1. The zero-order valence-corrected chi connectivity index (χ0v) is 13.2. The van der Waals surface area contributed by atoms with Crippen LogP contribution in [-0.2, 0) is 13.6 Å². The largest absolute Gasteiger partial charge is 0.478 e. The zero-order valence-electron chi connectivity index (χ0n) is 12.4. The summed E-state index contributed by atoms with van der Waals surface area (Å²) in [7, 11) is 1.52. The predicted molar refractivity (Wildman–Crippen MR) is 79.2 cm³/mol. The minimum Gasteiger partial charge on any atom is -0.478 e. The van der Waals surface area contributed by atoms with Gasteiger partial charge in [-0.2, -0.15) is 10.2 Å². The Morgan fingerprint density at radius 3 is 2.64 bits per heavy atom. The smallest absolute Gasteiger partial charge is 0.339 e. The molecule has 2 aromatic rings. The fraction of sp³-hybridized carbons (Fsp3) is 0.385. The second-order valence-corrected chi connectivity index (χ2v) is 5.18. The van der Waals surface area contributed by atoms with E-state index in [1.807, 2.05) is 6.92 Å². The van der Waals surface area contributed by atoms with Crippen LogP contribution in [0.4, 0.5) is 0 Å². The lowest BCUT2D eigenvalue weighted by Crippen LogP contribution is -2.30. The fourth-order valence-corrected chi connectivity index (χ4v) is 2.25. The van der Waals surface area contributed by atoms with Crippen molar-refractivity contribution >= 4 is 23.5 Å². The topological polar surface area (TPSA) is 102 Å². The van der Waals surface area contributed by atoms with E-state index in [0.717, 1.165) is 17.6 Å². The Labute approximate surface area is 131 Å². The molecule has 9 heteroatoms. The van der Waals surface area contributed by atoms with E-state index < -0.39 is 11.9 Å². The average molecular weight is 326 g/mol. The van der Waals surface area contributed by atoms with E-state index in [1.165, 1.54) is 11.7 Å². The predicted octanol–water partition coefficient (Wildman–Crippen LogP) is 1.02. The van der Waals surface area contributed by atoms with E-state index in [4.69, 9.17) is 16.7 Å². The summed E-state index contributed by atoms with van der Waals surface area (Å²) in [4.78, 5) is 23.2. The van der Waals surface area contributed by atoms with Crippen molar-refractivity contribution in [3.05, 3.63) is 33.9 Å². The quantitative estimate of drug-likeness (QED) is 0.854. The maximum absolute atomic E-state index is 12.1. The number of carbonyl (C=O) groups is 2. The van der Waals surface area contributed by atoms with Crippen molar-refractivity contribution in [2.24, 2.45) is 7.05 Å². The highest BCUT2D eigenvalue weighted by Crippen LogP contribution is 2.18. The first-order valence-corrected chi connectivity index (χ1v) is 6.93. The number of aromatic carboxylic acids is 1. The Morgan fingerprint density at radius 2 is 2.09 bits per heavy atom. The number of rotatable bonds is 5. The summed E-state index contributed by atoms with van der Waals surface area (Å²) in [5, 5.41) is 20.3. The lowest BCUT2D eigenvalue weighted by molar-refractivity contribution is 0.0690. The molecule has 0 atom stereocenters. The molecule has 0 fully saturated rings. The minimum absolute atomic E-state index is 0.0129. The Morgan fingerprint density at radius 1 is 1.41 bits per heavy atom. The number of aromatic nitrogens is 4. The third kappa shape index (κ3) is 2.96.